The summed E-state index contributed by atoms with van der Waals surface area (Å²) in [5.74, 6) is 0.876. The predicted molar refractivity (Wildman–Crippen MR) is 111 cm³/mol. The highest BCUT2D eigenvalue weighted by atomic mass is 35.5. The minimum atomic E-state index is -0.0719. The standard InChI is InChI=1S/C21H28ClN3O4/c1-29-18-8-7-16(12-17(18)22)23-19(26)9-6-15-4-2-10-24(13-15)21(28)14-25-11-3-5-20(25)27/h7-8,12,15H,2-6,9-11,13-14H2,1H3,(H,23,26). The van der Waals surface area contributed by atoms with Crippen molar-refractivity contribution >= 4 is 35.0 Å². The first-order valence-electron chi connectivity index (χ1n) is 10.1. The number of methoxy groups -OCH3 is 1. The van der Waals surface area contributed by atoms with E-state index in [4.69, 9.17) is 16.3 Å². The lowest BCUT2D eigenvalue weighted by molar-refractivity contribution is -0.139. The Morgan fingerprint density at radius 3 is 2.79 bits per heavy atom. The Hall–Kier alpha value is -2.28. The van der Waals surface area contributed by atoms with Gasteiger partial charge in [0, 0.05) is 38.2 Å². The lowest BCUT2D eigenvalue weighted by Crippen LogP contribution is -2.45. The van der Waals surface area contributed by atoms with Gasteiger partial charge in [0.2, 0.25) is 17.7 Å². The molecule has 7 nitrogen and oxygen atoms in total. The molecule has 1 atom stereocenters. The van der Waals surface area contributed by atoms with Crippen molar-refractivity contribution in [3.8, 4) is 5.75 Å². The predicted octanol–water partition coefficient (Wildman–Crippen LogP) is 2.93. The van der Waals surface area contributed by atoms with Crippen molar-refractivity contribution < 1.29 is 19.1 Å². The number of benzene rings is 1. The maximum absolute atomic E-state index is 12.5. The van der Waals surface area contributed by atoms with E-state index >= 15 is 0 Å². The van der Waals surface area contributed by atoms with Gasteiger partial charge in [-0.3, -0.25) is 14.4 Å². The van der Waals surface area contributed by atoms with Gasteiger partial charge in [-0.25, -0.2) is 0 Å². The second kappa shape index (κ2) is 9.96. The molecule has 3 amide bonds. The van der Waals surface area contributed by atoms with E-state index in [2.05, 4.69) is 5.32 Å². The first kappa shape index (κ1) is 21.4. The molecule has 158 valence electrons. The van der Waals surface area contributed by atoms with Gasteiger partial charge < -0.3 is 19.9 Å². The number of amides is 3. The van der Waals surface area contributed by atoms with Crippen molar-refractivity contribution in [1.82, 2.24) is 9.80 Å². The van der Waals surface area contributed by atoms with E-state index in [1.807, 2.05) is 4.90 Å². The maximum Gasteiger partial charge on any atom is 0.242 e. The Bertz CT molecular complexity index is 770. The Balaban J connectivity index is 1.44. The second-order valence-electron chi connectivity index (χ2n) is 7.70. The van der Waals surface area contributed by atoms with E-state index in [9.17, 15) is 14.4 Å². The average Bonchev–Trinajstić information content (AvgIpc) is 3.11. The molecule has 2 heterocycles. The Kier molecular flexibility index (Phi) is 7.36. The number of halogens is 1. The van der Waals surface area contributed by atoms with Gasteiger partial charge in [0.1, 0.15) is 5.75 Å². The molecule has 0 radical (unpaired) electrons. The number of nitrogens with one attached hydrogen (secondary N) is 1. The zero-order valence-corrected chi connectivity index (χ0v) is 17.5. The number of anilines is 1. The molecule has 1 aromatic carbocycles. The van der Waals surface area contributed by atoms with E-state index in [1.54, 1.807) is 30.2 Å². The van der Waals surface area contributed by atoms with Crippen LogP contribution in [-0.4, -0.2) is 60.8 Å². The normalized spacial score (nSPS) is 19.4. The molecule has 2 fully saturated rings. The summed E-state index contributed by atoms with van der Waals surface area (Å²) in [7, 11) is 1.54. The number of rotatable bonds is 7. The van der Waals surface area contributed by atoms with E-state index in [1.165, 1.54) is 0 Å². The molecule has 2 aliphatic heterocycles. The summed E-state index contributed by atoms with van der Waals surface area (Å²) < 4.78 is 5.11. The monoisotopic (exact) mass is 421 g/mol. The van der Waals surface area contributed by atoms with Crippen LogP contribution in [-0.2, 0) is 14.4 Å². The van der Waals surface area contributed by atoms with Crippen LogP contribution in [0, 0.1) is 5.92 Å². The molecule has 2 saturated heterocycles. The molecular weight excluding hydrogens is 394 g/mol. The quantitative estimate of drug-likeness (QED) is 0.734. The zero-order chi connectivity index (χ0) is 20.8. The fourth-order valence-electron chi connectivity index (χ4n) is 3.96. The minimum absolute atomic E-state index is 0.0160. The molecule has 1 aromatic rings. The van der Waals surface area contributed by atoms with Gasteiger partial charge in [-0.15, -0.1) is 0 Å². The van der Waals surface area contributed by atoms with Crippen LogP contribution in [0.3, 0.4) is 0 Å². The van der Waals surface area contributed by atoms with Crippen molar-refractivity contribution in [3.05, 3.63) is 23.2 Å². The summed E-state index contributed by atoms with van der Waals surface area (Å²) in [5.41, 5.74) is 0.636. The van der Waals surface area contributed by atoms with Crippen LogP contribution in [0.5, 0.6) is 5.75 Å². The fourth-order valence-corrected chi connectivity index (χ4v) is 4.22. The summed E-state index contributed by atoms with van der Waals surface area (Å²) >= 11 is 6.09. The molecule has 0 saturated carbocycles. The second-order valence-corrected chi connectivity index (χ2v) is 8.11. The van der Waals surface area contributed by atoms with Gasteiger partial charge in [-0.2, -0.15) is 0 Å². The lowest BCUT2D eigenvalue weighted by Gasteiger charge is -2.33. The molecule has 0 spiro atoms. The molecule has 29 heavy (non-hydrogen) atoms. The highest BCUT2D eigenvalue weighted by Gasteiger charge is 2.28. The van der Waals surface area contributed by atoms with Crippen LogP contribution in [0.4, 0.5) is 5.69 Å². The van der Waals surface area contributed by atoms with Gasteiger partial charge >= 0.3 is 0 Å². The molecule has 3 rings (SSSR count). The topological polar surface area (TPSA) is 79.0 Å². The highest BCUT2D eigenvalue weighted by Crippen LogP contribution is 2.27. The third-order valence-electron chi connectivity index (χ3n) is 5.58. The molecule has 0 aliphatic carbocycles. The van der Waals surface area contributed by atoms with Crippen molar-refractivity contribution in [2.75, 3.05) is 38.6 Å². The summed E-state index contributed by atoms with van der Waals surface area (Å²) in [6.07, 6.45) is 4.44. The number of hydrogen-bond donors (Lipinski definition) is 1. The lowest BCUT2D eigenvalue weighted by atomic mass is 9.93. The number of piperidine rings is 1. The average molecular weight is 422 g/mol. The summed E-state index contributed by atoms with van der Waals surface area (Å²) in [6, 6.07) is 5.13. The van der Waals surface area contributed by atoms with Gasteiger partial charge in [-0.05, 0) is 49.8 Å². The number of hydrogen-bond acceptors (Lipinski definition) is 4. The summed E-state index contributed by atoms with van der Waals surface area (Å²) in [6.45, 7) is 2.25. The van der Waals surface area contributed by atoms with Gasteiger partial charge in [0.05, 0.1) is 18.7 Å². The highest BCUT2D eigenvalue weighted by molar-refractivity contribution is 6.32. The van der Waals surface area contributed by atoms with E-state index in [-0.39, 0.29) is 24.3 Å². The van der Waals surface area contributed by atoms with Crippen LogP contribution in [0.2, 0.25) is 5.02 Å². The number of nitrogens with zero attached hydrogens (tertiary/aromatic N) is 2. The van der Waals surface area contributed by atoms with Gasteiger partial charge in [0.15, 0.2) is 0 Å². The van der Waals surface area contributed by atoms with Crippen molar-refractivity contribution in [2.45, 2.75) is 38.5 Å². The third kappa shape index (κ3) is 5.85. The van der Waals surface area contributed by atoms with Crippen LogP contribution >= 0.6 is 11.6 Å². The van der Waals surface area contributed by atoms with Crippen LogP contribution in [0.15, 0.2) is 18.2 Å². The van der Waals surface area contributed by atoms with Crippen molar-refractivity contribution in [2.24, 2.45) is 5.92 Å². The Morgan fingerprint density at radius 1 is 1.28 bits per heavy atom. The largest absolute Gasteiger partial charge is 0.495 e. The minimum Gasteiger partial charge on any atom is -0.495 e. The van der Waals surface area contributed by atoms with E-state index in [0.717, 1.165) is 32.2 Å². The number of carbonyl (C=O) groups is 3. The van der Waals surface area contributed by atoms with Crippen LogP contribution in [0.1, 0.15) is 38.5 Å². The fraction of sp³-hybridized carbons (Fsp3) is 0.571. The summed E-state index contributed by atoms with van der Waals surface area (Å²) in [5, 5.41) is 3.30. The molecule has 8 heteroatoms. The van der Waals surface area contributed by atoms with Crippen molar-refractivity contribution in [3.63, 3.8) is 0 Å². The Morgan fingerprint density at radius 2 is 2.10 bits per heavy atom. The molecule has 0 aromatic heterocycles. The smallest absolute Gasteiger partial charge is 0.242 e. The summed E-state index contributed by atoms with van der Waals surface area (Å²) in [4.78, 5) is 40.1. The molecule has 2 aliphatic rings. The zero-order valence-electron chi connectivity index (χ0n) is 16.8. The first-order chi connectivity index (χ1) is 14.0. The molecule has 0 bridgehead atoms. The van der Waals surface area contributed by atoms with Crippen LogP contribution in [0.25, 0.3) is 0 Å². The number of ether oxygens (including phenoxy) is 1. The molecule has 1 unspecified atom stereocenters. The van der Waals surface area contributed by atoms with Gasteiger partial charge in [-0.1, -0.05) is 11.6 Å². The van der Waals surface area contributed by atoms with E-state index < -0.39 is 0 Å². The first-order valence-corrected chi connectivity index (χ1v) is 10.5. The molecule has 1 N–H and O–H groups in total. The SMILES string of the molecule is COc1ccc(NC(=O)CCC2CCCN(C(=O)CN3CCCC3=O)C2)cc1Cl. The van der Waals surface area contributed by atoms with Crippen molar-refractivity contribution in [1.29, 1.82) is 0 Å². The third-order valence-corrected chi connectivity index (χ3v) is 5.88. The van der Waals surface area contributed by atoms with Gasteiger partial charge in [0.25, 0.3) is 0 Å². The number of carbonyl (C=O) groups excluding carboxylic acids is 3. The Labute approximate surface area is 176 Å². The number of likely N-dealkylation sites (tertiary alicyclic amines) is 2. The van der Waals surface area contributed by atoms with E-state index in [0.29, 0.717) is 48.3 Å². The molecular formula is C21H28ClN3O4. The maximum atomic E-state index is 12.5. The van der Waals surface area contributed by atoms with Crippen LogP contribution < -0.4 is 10.1 Å².